The number of methoxy groups -OCH3 is 2. The minimum Gasteiger partial charge on any atom is -0.478 e. The van der Waals surface area contributed by atoms with Crippen molar-refractivity contribution >= 4 is 96.9 Å². The number of hydrogen-bond donors (Lipinski definition) is 3. The molecule has 272 valence electrons. The lowest BCUT2D eigenvalue weighted by Gasteiger charge is -2.15. The van der Waals surface area contributed by atoms with E-state index in [0.717, 1.165) is 54.1 Å². The highest BCUT2D eigenvalue weighted by atomic mass is 127. The van der Waals surface area contributed by atoms with Crippen molar-refractivity contribution in [2.75, 3.05) is 25.3 Å². The number of esters is 1. The second-order valence-corrected chi connectivity index (χ2v) is 15.3. The van der Waals surface area contributed by atoms with Crippen LogP contribution in [-0.4, -0.2) is 75.8 Å². The molecule has 3 heterocycles. The van der Waals surface area contributed by atoms with Crippen molar-refractivity contribution < 1.29 is 41.8 Å². The molecule has 17 nitrogen and oxygen atoms in total. The number of carbonyl (C=O) groups is 3. The first kappa shape index (κ1) is 39.7. The van der Waals surface area contributed by atoms with E-state index >= 15 is 0 Å². The van der Waals surface area contributed by atoms with Gasteiger partial charge in [-0.2, -0.15) is 15.0 Å². The summed E-state index contributed by atoms with van der Waals surface area (Å²) in [6, 6.07) is 5.11. The summed E-state index contributed by atoms with van der Waals surface area (Å²) < 4.78 is 54.0. The third-order valence-corrected chi connectivity index (χ3v) is 10.9. The summed E-state index contributed by atoms with van der Waals surface area (Å²) in [4.78, 5) is 62.6. The lowest BCUT2D eigenvalue weighted by molar-refractivity contribution is -0.137. The number of anilines is 1. The lowest BCUT2D eigenvalue weighted by atomic mass is 10.2. The van der Waals surface area contributed by atoms with Crippen LogP contribution in [0.3, 0.4) is 0 Å². The maximum atomic E-state index is 14.3. The molecule has 5 rings (SSSR count). The number of carboxylic acids is 1. The van der Waals surface area contributed by atoms with Crippen LogP contribution < -0.4 is 24.5 Å². The van der Waals surface area contributed by atoms with E-state index in [1.54, 1.807) is 14.1 Å². The van der Waals surface area contributed by atoms with Crippen LogP contribution in [0.2, 0.25) is 5.02 Å². The summed E-state index contributed by atoms with van der Waals surface area (Å²) in [7, 11) is -1.84. The van der Waals surface area contributed by atoms with Crippen molar-refractivity contribution in [3.8, 4) is 6.01 Å². The van der Waals surface area contributed by atoms with Crippen LogP contribution in [0.25, 0.3) is 0 Å². The number of benzene rings is 2. The molecule has 0 radical (unpaired) electrons. The van der Waals surface area contributed by atoms with Crippen molar-refractivity contribution in [1.82, 2.24) is 29.0 Å². The molecule has 23 heteroatoms. The number of halogens is 3. The van der Waals surface area contributed by atoms with E-state index in [2.05, 4.69) is 30.0 Å². The van der Waals surface area contributed by atoms with Crippen LogP contribution in [0.5, 0.6) is 6.01 Å². The van der Waals surface area contributed by atoms with Gasteiger partial charge < -0.3 is 14.6 Å². The zero-order valence-corrected chi connectivity index (χ0v) is 32.0. The second-order valence-electron chi connectivity index (χ2n) is 10.0. The Balaban J connectivity index is 0.000000229. The van der Waals surface area contributed by atoms with Crippen LogP contribution >= 0.6 is 57.3 Å². The largest absolute Gasteiger partial charge is 0.478 e. The number of sulfonamides is 1. The number of carboxylic acid groups (broad SMARTS) is 1. The minimum atomic E-state index is -4.45. The Morgan fingerprint density at radius 2 is 1.84 bits per heavy atom. The third kappa shape index (κ3) is 10.5. The Morgan fingerprint density at radius 1 is 1.14 bits per heavy atom. The predicted molar refractivity (Wildman–Crippen MR) is 192 cm³/mol. The number of rotatable bonds is 9. The van der Waals surface area contributed by atoms with Crippen molar-refractivity contribution in [3.05, 3.63) is 70.6 Å². The summed E-state index contributed by atoms with van der Waals surface area (Å²) in [6.07, 6.45) is 1.90. The number of aryl methyl sites for hydroxylation is 1. The number of amides is 2. The van der Waals surface area contributed by atoms with E-state index in [1.807, 2.05) is 22.6 Å². The van der Waals surface area contributed by atoms with Gasteiger partial charge in [-0.1, -0.05) is 11.6 Å². The van der Waals surface area contributed by atoms with E-state index < -0.39 is 44.3 Å². The number of aromatic nitrogens is 5. The summed E-state index contributed by atoms with van der Waals surface area (Å²) in [6.45, 7) is 2.85. The Morgan fingerprint density at radius 3 is 2.51 bits per heavy atom. The van der Waals surface area contributed by atoms with Crippen LogP contribution in [0, 0.1) is 16.3 Å². The summed E-state index contributed by atoms with van der Waals surface area (Å²) >= 11 is 9.99. The highest BCUT2D eigenvalue weighted by Crippen LogP contribution is 2.33. The molecule has 2 aromatic heterocycles. The first-order chi connectivity index (χ1) is 24.1. The standard InChI is InChI=1S/C15H15ClFN3O3S2.C13H12IN5O6S/c1-23-13(21)8-24-12-7-11(10(17)6-9(12)16)18-14-19-4-2-3-5-20(19)15(22)25-14;1-6-15-11(18-13(16-6)25-2)17-12(22)19-26(23,24)9-5-7(14)3-4-8(9)10(20)21/h6-7H,2-5,8H2,1H3;3-5H,1-2H3,(H,20,21)(H2,15,16,17,18,19,22). The molecule has 51 heavy (non-hydrogen) atoms. The molecule has 0 spiro atoms. The number of nitrogens with zero attached hydrogens (tertiary/aromatic N) is 6. The van der Waals surface area contributed by atoms with Gasteiger partial charge in [-0.25, -0.2) is 36.8 Å². The summed E-state index contributed by atoms with van der Waals surface area (Å²) in [5, 5.41) is 11.5. The Kier molecular flexibility index (Phi) is 13.5. The number of hydrogen-bond acceptors (Lipinski definition) is 14. The minimum absolute atomic E-state index is 0.0605. The average molecular weight is 897 g/mol. The maximum absolute atomic E-state index is 14.3. The van der Waals surface area contributed by atoms with Crippen molar-refractivity contribution in [3.63, 3.8) is 0 Å². The quantitative estimate of drug-likeness (QED) is 0.124. The monoisotopic (exact) mass is 896 g/mol. The van der Waals surface area contributed by atoms with E-state index in [0.29, 0.717) is 26.4 Å². The Bertz CT molecular complexity index is 2230. The zero-order chi connectivity index (χ0) is 37.5. The van der Waals surface area contributed by atoms with Gasteiger partial charge in [-0.15, -0.1) is 11.8 Å². The van der Waals surface area contributed by atoms with Gasteiger partial charge in [0.1, 0.15) is 22.2 Å². The molecule has 4 aromatic rings. The maximum Gasteiger partial charge on any atom is 0.337 e. The van der Waals surface area contributed by atoms with Gasteiger partial charge in [-0.3, -0.25) is 19.6 Å². The second kappa shape index (κ2) is 17.4. The van der Waals surface area contributed by atoms with Crippen molar-refractivity contribution in [2.45, 2.75) is 42.6 Å². The molecule has 0 aliphatic carbocycles. The molecule has 1 aliphatic heterocycles. The van der Waals surface area contributed by atoms with Crippen LogP contribution in [0.1, 0.15) is 29.0 Å². The third-order valence-electron chi connectivity index (χ3n) is 6.51. The molecular weight excluding hydrogens is 870 g/mol. The van der Waals surface area contributed by atoms with Crippen LogP contribution in [0.4, 0.5) is 20.8 Å². The number of ether oxygens (including phenoxy) is 2. The van der Waals surface area contributed by atoms with Crippen LogP contribution in [-0.2, 0) is 32.6 Å². The predicted octanol–water partition coefficient (Wildman–Crippen LogP) is 3.80. The van der Waals surface area contributed by atoms with E-state index in [-0.39, 0.29) is 39.1 Å². The number of thioether (sulfide) groups is 1. The molecule has 2 amide bonds. The number of carbonyl (C=O) groups excluding carboxylic acids is 2. The Hall–Kier alpha value is -4.13. The molecule has 1 aliphatic rings. The number of nitrogens with one attached hydrogen (secondary N) is 2. The zero-order valence-electron chi connectivity index (χ0n) is 26.7. The van der Waals surface area contributed by atoms with E-state index in [4.69, 9.17) is 21.4 Å². The fourth-order valence-electron chi connectivity index (χ4n) is 4.23. The molecule has 3 N–H and O–H groups in total. The van der Waals surface area contributed by atoms with Crippen molar-refractivity contribution in [2.24, 2.45) is 4.99 Å². The molecule has 2 aromatic carbocycles. The smallest absolute Gasteiger partial charge is 0.337 e. The molecule has 0 bridgehead atoms. The molecule has 0 saturated heterocycles. The normalized spacial score (nSPS) is 12.6. The SMILES string of the molecule is COC(=O)CSc1cc(N=c2sc(=O)n3n2CCCC3)c(F)cc1Cl.COc1nc(C)nc(NC(=O)NS(=O)(=O)c2cc(I)ccc2C(=O)O)n1. The molecule has 0 unspecified atom stereocenters. The topological polar surface area (TPSA) is 226 Å². The molecule has 0 fully saturated rings. The first-order valence-corrected chi connectivity index (χ1v) is 19.0. The van der Waals surface area contributed by atoms with Gasteiger partial charge in [-0.05, 0) is 84.0 Å². The van der Waals surface area contributed by atoms with Crippen LogP contribution in [0.15, 0.2) is 49.9 Å². The first-order valence-electron chi connectivity index (χ1n) is 14.3. The average Bonchev–Trinajstić information content (AvgIpc) is 3.39. The Labute approximate surface area is 315 Å². The summed E-state index contributed by atoms with van der Waals surface area (Å²) in [5.74, 6) is -2.36. The summed E-state index contributed by atoms with van der Waals surface area (Å²) in [5.41, 5.74) is -0.386. The highest BCUT2D eigenvalue weighted by Gasteiger charge is 2.25. The highest BCUT2D eigenvalue weighted by molar-refractivity contribution is 14.1. The van der Waals surface area contributed by atoms with E-state index in [9.17, 15) is 32.0 Å². The number of aromatic carboxylic acids is 1. The molecule has 0 saturated carbocycles. The fourth-order valence-corrected chi connectivity index (χ4v) is 8.06. The van der Waals surface area contributed by atoms with Gasteiger partial charge in [0.15, 0.2) is 0 Å². The molecular formula is C28H27ClFIN8O9S3. The lowest BCUT2D eigenvalue weighted by Crippen LogP contribution is -2.35. The van der Waals surface area contributed by atoms with Gasteiger partial charge in [0.2, 0.25) is 10.7 Å². The van der Waals surface area contributed by atoms with Gasteiger partial charge in [0.05, 0.1) is 30.6 Å². The van der Waals surface area contributed by atoms with Gasteiger partial charge in [0, 0.05) is 21.6 Å². The van der Waals surface area contributed by atoms with E-state index in [1.165, 1.54) is 33.3 Å². The number of urea groups is 1. The van der Waals surface area contributed by atoms with Crippen molar-refractivity contribution in [1.29, 1.82) is 0 Å². The fraction of sp³-hybridized carbons (Fsp3) is 0.286. The van der Waals surface area contributed by atoms with Gasteiger partial charge >= 0.3 is 28.9 Å². The molecule has 0 atom stereocenters. The number of fused-ring (bicyclic) bond motifs is 1. The van der Waals surface area contributed by atoms with Gasteiger partial charge in [0.25, 0.3) is 10.0 Å².